The molecule has 19 heavy (non-hydrogen) atoms. The number of anilines is 1. The fourth-order valence-corrected chi connectivity index (χ4v) is 1.92. The van der Waals surface area contributed by atoms with Gasteiger partial charge >= 0.3 is 6.09 Å². The van der Waals surface area contributed by atoms with Crippen molar-refractivity contribution in [3.05, 3.63) is 42.6 Å². The number of pyridine rings is 1. The van der Waals surface area contributed by atoms with E-state index in [1.165, 1.54) is 10.9 Å². The van der Waals surface area contributed by atoms with Gasteiger partial charge < -0.3 is 9.64 Å². The maximum atomic E-state index is 11.7. The first-order valence-electron chi connectivity index (χ1n) is 6.09. The van der Waals surface area contributed by atoms with E-state index in [1.54, 1.807) is 12.4 Å². The maximum absolute atomic E-state index is 11.7. The summed E-state index contributed by atoms with van der Waals surface area (Å²) in [7, 11) is 0. The fourth-order valence-electron chi connectivity index (χ4n) is 1.92. The fraction of sp³-hybridized carbons (Fsp3) is 0.308. The standard InChI is InChI=1S/C13H14N4O2/c1-10-2-3-12(15-6-10)17-7-11(8-17)19-13(18)16-5-4-14-9-16/h2-6,9,11H,7-8H2,1H3. The van der Waals surface area contributed by atoms with Gasteiger partial charge in [0.25, 0.3) is 0 Å². The van der Waals surface area contributed by atoms with E-state index in [0.717, 1.165) is 11.4 Å². The summed E-state index contributed by atoms with van der Waals surface area (Å²) in [5.41, 5.74) is 1.13. The molecule has 3 heterocycles. The van der Waals surface area contributed by atoms with Crippen LogP contribution in [0.5, 0.6) is 0 Å². The van der Waals surface area contributed by atoms with Crippen LogP contribution in [0.4, 0.5) is 10.6 Å². The zero-order valence-electron chi connectivity index (χ0n) is 10.6. The molecule has 0 bridgehead atoms. The molecule has 1 saturated heterocycles. The highest BCUT2D eigenvalue weighted by Gasteiger charge is 2.31. The van der Waals surface area contributed by atoms with E-state index in [4.69, 9.17) is 4.74 Å². The third-order valence-corrected chi connectivity index (χ3v) is 3.05. The number of rotatable bonds is 2. The van der Waals surface area contributed by atoms with Gasteiger partial charge in [-0.25, -0.2) is 19.3 Å². The van der Waals surface area contributed by atoms with Crippen LogP contribution in [0.1, 0.15) is 5.56 Å². The quantitative estimate of drug-likeness (QED) is 0.816. The lowest BCUT2D eigenvalue weighted by Gasteiger charge is -2.39. The number of hydrogen-bond donors (Lipinski definition) is 0. The van der Waals surface area contributed by atoms with Crippen molar-refractivity contribution in [3.63, 3.8) is 0 Å². The molecular weight excluding hydrogens is 244 g/mol. The molecular formula is C13H14N4O2. The Morgan fingerprint density at radius 3 is 2.89 bits per heavy atom. The Hall–Kier alpha value is -2.37. The highest BCUT2D eigenvalue weighted by atomic mass is 16.6. The summed E-state index contributed by atoms with van der Waals surface area (Å²) < 4.78 is 6.65. The van der Waals surface area contributed by atoms with Crippen LogP contribution in [0.25, 0.3) is 0 Å². The van der Waals surface area contributed by atoms with Crippen molar-refractivity contribution in [2.75, 3.05) is 18.0 Å². The van der Waals surface area contributed by atoms with Gasteiger partial charge in [-0.1, -0.05) is 6.07 Å². The van der Waals surface area contributed by atoms with Crippen LogP contribution in [0.3, 0.4) is 0 Å². The zero-order chi connectivity index (χ0) is 13.2. The Morgan fingerprint density at radius 2 is 2.26 bits per heavy atom. The summed E-state index contributed by atoms with van der Waals surface area (Å²) in [4.78, 5) is 21.9. The summed E-state index contributed by atoms with van der Waals surface area (Å²) in [6.07, 6.45) is 5.91. The number of carbonyl (C=O) groups excluding carboxylic acids is 1. The smallest absolute Gasteiger partial charge is 0.419 e. The van der Waals surface area contributed by atoms with E-state index in [9.17, 15) is 4.79 Å². The van der Waals surface area contributed by atoms with Gasteiger partial charge in [-0.2, -0.15) is 0 Å². The number of aryl methyl sites for hydroxylation is 1. The second-order valence-electron chi connectivity index (χ2n) is 4.57. The first kappa shape index (κ1) is 11.7. The van der Waals surface area contributed by atoms with E-state index < -0.39 is 0 Å². The average molecular weight is 258 g/mol. The largest absolute Gasteiger partial charge is 0.442 e. The lowest BCUT2D eigenvalue weighted by atomic mass is 10.1. The minimum atomic E-state index is -0.390. The number of nitrogens with zero attached hydrogens (tertiary/aromatic N) is 4. The number of aromatic nitrogens is 3. The third kappa shape index (κ3) is 2.42. The topological polar surface area (TPSA) is 60.2 Å². The molecule has 1 aliphatic heterocycles. The SMILES string of the molecule is Cc1ccc(N2CC(OC(=O)n3ccnc3)C2)nc1. The lowest BCUT2D eigenvalue weighted by Crippen LogP contribution is -2.53. The van der Waals surface area contributed by atoms with Crippen molar-refractivity contribution in [2.24, 2.45) is 0 Å². The highest BCUT2D eigenvalue weighted by molar-refractivity contribution is 5.70. The molecule has 0 N–H and O–H groups in total. The van der Waals surface area contributed by atoms with Gasteiger partial charge in [-0.15, -0.1) is 0 Å². The molecule has 1 fully saturated rings. The van der Waals surface area contributed by atoms with E-state index in [1.807, 2.05) is 25.3 Å². The second kappa shape index (κ2) is 4.72. The molecule has 6 heteroatoms. The Morgan fingerprint density at radius 1 is 1.42 bits per heavy atom. The van der Waals surface area contributed by atoms with Gasteiger partial charge in [-0.3, -0.25) is 0 Å². The third-order valence-electron chi connectivity index (χ3n) is 3.05. The Bertz CT molecular complexity index is 559. The summed E-state index contributed by atoms with van der Waals surface area (Å²) in [6.45, 7) is 3.36. The number of imidazole rings is 1. The molecule has 2 aromatic rings. The van der Waals surface area contributed by atoms with Crippen molar-refractivity contribution >= 4 is 11.9 Å². The average Bonchev–Trinajstić information content (AvgIpc) is 2.88. The number of ether oxygens (including phenoxy) is 1. The first-order valence-corrected chi connectivity index (χ1v) is 6.09. The molecule has 98 valence electrons. The van der Waals surface area contributed by atoms with Crippen LogP contribution in [0, 0.1) is 6.92 Å². The monoisotopic (exact) mass is 258 g/mol. The van der Waals surface area contributed by atoms with E-state index in [-0.39, 0.29) is 12.2 Å². The van der Waals surface area contributed by atoms with Crippen LogP contribution in [0.15, 0.2) is 37.1 Å². The summed E-state index contributed by atoms with van der Waals surface area (Å²) in [6, 6.07) is 4.00. The van der Waals surface area contributed by atoms with Crippen LogP contribution in [-0.2, 0) is 4.74 Å². The molecule has 0 saturated carbocycles. The second-order valence-corrected chi connectivity index (χ2v) is 4.57. The minimum Gasteiger partial charge on any atom is -0.442 e. The molecule has 2 aromatic heterocycles. The van der Waals surface area contributed by atoms with Crippen molar-refractivity contribution in [2.45, 2.75) is 13.0 Å². The predicted molar refractivity (Wildman–Crippen MR) is 69.1 cm³/mol. The molecule has 1 aliphatic rings. The number of carbonyl (C=O) groups is 1. The Balaban J connectivity index is 1.53. The predicted octanol–water partition coefficient (Wildman–Crippen LogP) is 1.46. The molecule has 0 unspecified atom stereocenters. The molecule has 0 spiro atoms. The first-order chi connectivity index (χ1) is 9.22. The van der Waals surface area contributed by atoms with Gasteiger partial charge in [0.2, 0.25) is 0 Å². The molecule has 0 amide bonds. The van der Waals surface area contributed by atoms with Gasteiger partial charge in [0.15, 0.2) is 0 Å². The summed E-state index contributed by atoms with van der Waals surface area (Å²) >= 11 is 0. The van der Waals surface area contributed by atoms with Crippen molar-refractivity contribution < 1.29 is 9.53 Å². The summed E-state index contributed by atoms with van der Waals surface area (Å²) in [5.74, 6) is 0.917. The van der Waals surface area contributed by atoms with E-state index in [0.29, 0.717) is 13.1 Å². The molecule has 0 atom stereocenters. The summed E-state index contributed by atoms with van der Waals surface area (Å²) in [5, 5.41) is 0. The van der Waals surface area contributed by atoms with Crippen molar-refractivity contribution in [3.8, 4) is 0 Å². The minimum absolute atomic E-state index is 0.0852. The van der Waals surface area contributed by atoms with Crippen LogP contribution in [-0.4, -0.2) is 39.8 Å². The Labute approximate surface area is 110 Å². The Kier molecular flexibility index (Phi) is 2.91. The van der Waals surface area contributed by atoms with Crippen molar-refractivity contribution in [1.29, 1.82) is 0 Å². The highest BCUT2D eigenvalue weighted by Crippen LogP contribution is 2.20. The molecule has 0 radical (unpaired) electrons. The number of hydrogen-bond acceptors (Lipinski definition) is 5. The molecule has 6 nitrogen and oxygen atoms in total. The van der Waals surface area contributed by atoms with Gasteiger partial charge in [0, 0.05) is 18.6 Å². The molecule has 0 aromatic carbocycles. The van der Waals surface area contributed by atoms with Gasteiger partial charge in [0.05, 0.1) is 13.1 Å². The lowest BCUT2D eigenvalue weighted by molar-refractivity contribution is 0.0818. The van der Waals surface area contributed by atoms with Gasteiger partial charge in [-0.05, 0) is 18.6 Å². The van der Waals surface area contributed by atoms with Crippen LogP contribution < -0.4 is 4.90 Å². The zero-order valence-corrected chi connectivity index (χ0v) is 10.6. The molecule has 3 rings (SSSR count). The van der Waals surface area contributed by atoms with E-state index in [2.05, 4.69) is 14.9 Å². The van der Waals surface area contributed by atoms with Crippen LogP contribution in [0.2, 0.25) is 0 Å². The van der Waals surface area contributed by atoms with Crippen LogP contribution >= 0.6 is 0 Å². The van der Waals surface area contributed by atoms with Gasteiger partial charge in [0.1, 0.15) is 18.2 Å². The molecule has 0 aliphatic carbocycles. The van der Waals surface area contributed by atoms with E-state index >= 15 is 0 Å². The van der Waals surface area contributed by atoms with Crippen molar-refractivity contribution in [1.82, 2.24) is 14.5 Å². The maximum Gasteiger partial charge on any atom is 0.419 e. The normalized spacial score (nSPS) is 15.1.